The van der Waals surface area contributed by atoms with Gasteiger partial charge in [0.2, 0.25) is 0 Å². The molecule has 1 atom stereocenters. The van der Waals surface area contributed by atoms with Crippen molar-refractivity contribution in [2.24, 2.45) is 0 Å². The summed E-state index contributed by atoms with van der Waals surface area (Å²) in [5.41, 5.74) is 1.77. The quantitative estimate of drug-likeness (QED) is 0.504. The number of ether oxygens (including phenoxy) is 2. The molecule has 122 valence electrons. The number of rotatable bonds is 10. The molecule has 4 heteroatoms. The summed E-state index contributed by atoms with van der Waals surface area (Å²) < 4.78 is 11.9. The molecule has 1 unspecified atom stereocenters. The van der Waals surface area contributed by atoms with E-state index in [9.17, 15) is 0 Å². The lowest BCUT2D eigenvalue weighted by atomic mass is 10.1. The van der Waals surface area contributed by atoms with Crippen molar-refractivity contribution in [1.29, 1.82) is 5.41 Å². The number of amidine groups is 1. The van der Waals surface area contributed by atoms with E-state index in [1.165, 1.54) is 32.1 Å². The Labute approximate surface area is 133 Å². The van der Waals surface area contributed by atoms with E-state index in [0.717, 1.165) is 17.5 Å². The number of fused-ring (bicyclic) bond motifs is 1. The second kappa shape index (κ2) is 8.30. The Morgan fingerprint density at radius 3 is 2.50 bits per heavy atom. The van der Waals surface area contributed by atoms with Gasteiger partial charge in [-0.25, -0.2) is 0 Å². The standard InChI is InChI=1S/C18H28N2O2/c1-3-5-6-7-8-11-14-22-18(21-4-2)16-13-10-9-12-15(16)17(19)20-18/h9-10,12-13H,3-8,11,14H2,1-2H3,(H2,19,20). The molecule has 0 fully saturated rings. The highest BCUT2D eigenvalue weighted by molar-refractivity contribution is 6.01. The monoisotopic (exact) mass is 304 g/mol. The lowest BCUT2D eigenvalue weighted by molar-refractivity contribution is -0.252. The Balaban J connectivity index is 1.92. The summed E-state index contributed by atoms with van der Waals surface area (Å²) in [5.74, 6) is -0.613. The van der Waals surface area contributed by atoms with Gasteiger partial charge >= 0.3 is 0 Å². The summed E-state index contributed by atoms with van der Waals surface area (Å²) in [4.78, 5) is 0. The molecule has 2 rings (SSSR count). The van der Waals surface area contributed by atoms with E-state index < -0.39 is 5.91 Å². The molecule has 0 amide bonds. The maximum atomic E-state index is 8.09. The van der Waals surface area contributed by atoms with Crippen LogP contribution in [0.1, 0.15) is 63.5 Å². The van der Waals surface area contributed by atoms with Gasteiger partial charge in [-0.3, -0.25) is 5.41 Å². The van der Waals surface area contributed by atoms with Crippen LogP contribution in [0.25, 0.3) is 0 Å². The molecule has 0 saturated carbocycles. The number of hydrogen-bond acceptors (Lipinski definition) is 3. The van der Waals surface area contributed by atoms with Gasteiger partial charge in [0.15, 0.2) is 0 Å². The predicted molar refractivity (Wildman–Crippen MR) is 89.0 cm³/mol. The maximum absolute atomic E-state index is 8.09. The first-order valence-corrected chi connectivity index (χ1v) is 8.48. The van der Waals surface area contributed by atoms with E-state index in [1.807, 2.05) is 31.2 Å². The third-order valence-corrected chi connectivity index (χ3v) is 3.99. The first kappa shape index (κ1) is 17.0. The molecular weight excluding hydrogens is 276 g/mol. The van der Waals surface area contributed by atoms with Gasteiger partial charge in [-0.1, -0.05) is 63.3 Å². The Morgan fingerprint density at radius 2 is 1.73 bits per heavy atom. The van der Waals surface area contributed by atoms with Crippen LogP contribution in [0, 0.1) is 5.41 Å². The molecule has 22 heavy (non-hydrogen) atoms. The Bertz CT molecular complexity index is 490. The molecule has 0 spiro atoms. The third kappa shape index (κ3) is 3.87. The zero-order valence-corrected chi connectivity index (χ0v) is 13.8. The van der Waals surface area contributed by atoms with Crippen molar-refractivity contribution in [3.05, 3.63) is 35.4 Å². The Morgan fingerprint density at radius 1 is 1.00 bits per heavy atom. The van der Waals surface area contributed by atoms with Gasteiger partial charge in [0.05, 0.1) is 6.61 Å². The molecule has 0 aromatic heterocycles. The lowest BCUT2D eigenvalue weighted by Gasteiger charge is -2.30. The fourth-order valence-electron chi connectivity index (χ4n) is 2.86. The second-order valence-electron chi connectivity index (χ2n) is 5.71. The van der Waals surface area contributed by atoms with Gasteiger partial charge < -0.3 is 14.8 Å². The maximum Gasteiger partial charge on any atom is 0.279 e. The summed E-state index contributed by atoms with van der Waals surface area (Å²) in [5, 5.41) is 11.2. The van der Waals surface area contributed by atoms with E-state index in [4.69, 9.17) is 14.9 Å². The number of nitrogens with one attached hydrogen (secondary N) is 2. The second-order valence-corrected chi connectivity index (χ2v) is 5.71. The molecule has 2 N–H and O–H groups in total. The molecule has 0 bridgehead atoms. The van der Waals surface area contributed by atoms with Crippen molar-refractivity contribution in [3.63, 3.8) is 0 Å². The van der Waals surface area contributed by atoms with Crippen molar-refractivity contribution in [2.45, 2.75) is 58.3 Å². The minimum Gasteiger partial charge on any atom is -0.329 e. The van der Waals surface area contributed by atoms with Gasteiger partial charge in [0.1, 0.15) is 5.84 Å². The minimum atomic E-state index is -0.980. The molecule has 4 nitrogen and oxygen atoms in total. The van der Waals surface area contributed by atoms with E-state index in [0.29, 0.717) is 19.0 Å². The van der Waals surface area contributed by atoms with Gasteiger partial charge in [0, 0.05) is 17.7 Å². The Hall–Kier alpha value is -1.39. The molecule has 1 aliphatic rings. The first-order valence-electron chi connectivity index (χ1n) is 8.48. The summed E-state index contributed by atoms with van der Waals surface area (Å²) in [6.07, 6.45) is 7.36. The van der Waals surface area contributed by atoms with Crippen LogP contribution < -0.4 is 5.32 Å². The van der Waals surface area contributed by atoms with Crippen LogP contribution >= 0.6 is 0 Å². The number of benzene rings is 1. The van der Waals surface area contributed by atoms with Crippen LogP contribution in [0.5, 0.6) is 0 Å². The average Bonchev–Trinajstić information content (AvgIpc) is 2.80. The number of unbranched alkanes of at least 4 members (excludes halogenated alkanes) is 5. The summed E-state index contributed by atoms with van der Waals surface area (Å²) in [7, 11) is 0. The predicted octanol–water partition coefficient (Wildman–Crippen LogP) is 4.14. The fourth-order valence-corrected chi connectivity index (χ4v) is 2.86. The third-order valence-electron chi connectivity index (χ3n) is 3.99. The van der Waals surface area contributed by atoms with Gasteiger partial charge in [-0.05, 0) is 13.3 Å². The van der Waals surface area contributed by atoms with Crippen LogP contribution in [0.3, 0.4) is 0 Å². The topological polar surface area (TPSA) is 54.3 Å². The molecule has 1 aromatic rings. The van der Waals surface area contributed by atoms with Gasteiger partial charge in [-0.15, -0.1) is 0 Å². The molecule has 1 aromatic carbocycles. The highest BCUT2D eigenvalue weighted by atomic mass is 16.7. The smallest absolute Gasteiger partial charge is 0.279 e. The van der Waals surface area contributed by atoms with Crippen molar-refractivity contribution in [3.8, 4) is 0 Å². The normalized spacial score (nSPS) is 20.0. The van der Waals surface area contributed by atoms with E-state index in [-0.39, 0.29) is 0 Å². The zero-order valence-electron chi connectivity index (χ0n) is 13.8. The van der Waals surface area contributed by atoms with E-state index >= 15 is 0 Å². The van der Waals surface area contributed by atoms with Crippen molar-refractivity contribution >= 4 is 5.84 Å². The van der Waals surface area contributed by atoms with Crippen LogP contribution in [0.15, 0.2) is 24.3 Å². The van der Waals surface area contributed by atoms with Gasteiger partial charge in [0.25, 0.3) is 5.91 Å². The van der Waals surface area contributed by atoms with Crippen molar-refractivity contribution < 1.29 is 9.47 Å². The van der Waals surface area contributed by atoms with E-state index in [2.05, 4.69) is 12.2 Å². The summed E-state index contributed by atoms with van der Waals surface area (Å²) in [6.45, 7) is 5.35. The molecule has 1 heterocycles. The van der Waals surface area contributed by atoms with Crippen LogP contribution in [0.4, 0.5) is 0 Å². The Kier molecular flexibility index (Phi) is 6.40. The average molecular weight is 304 g/mol. The van der Waals surface area contributed by atoms with Crippen LogP contribution in [-0.2, 0) is 15.4 Å². The summed E-state index contributed by atoms with van der Waals surface area (Å²) in [6, 6.07) is 7.80. The van der Waals surface area contributed by atoms with Crippen molar-refractivity contribution in [1.82, 2.24) is 5.32 Å². The van der Waals surface area contributed by atoms with E-state index in [1.54, 1.807) is 0 Å². The SMILES string of the molecule is CCCCCCCCOC1(OCC)NC(=N)c2ccccc21. The van der Waals surface area contributed by atoms with Crippen LogP contribution in [0.2, 0.25) is 0 Å². The highest BCUT2D eigenvalue weighted by Crippen LogP contribution is 2.33. The highest BCUT2D eigenvalue weighted by Gasteiger charge is 2.43. The van der Waals surface area contributed by atoms with Crippen LogP contribution in [-0.4, -0.2) is 19.0 Å². The first-order chi connectivity index (χ1) is 10.7. The molecule has 1 aliphatic heterocycles. The van der Waals surface area contributed by atoms with Gasteiger partial charge in [-0.2, -0.15) is 0 Å². The number of hydrogen-bond donors (Lipinski definition) is 2. The molecule has 0 radical (unpaired) electrons. The molecule has 0 saturated heterocycles. The largest absolute Gasteiger partial charge is 0.329 e. The molecule has 0 aliphatic carbocycles. The zero-order chi connectivity index (χ0) is 15.8. The lowest BCUT2D eigenvalue weighted by Crippen LogP contribution is -2.44. The van der Waals surface area contributed by atoms with Crippen molar-refractivity contribution in [2.75, 3.05) is 13.2 Å². The minimum absolute atomic E-state index is 0.368. The molecular formula is C18H28N2O2. The fraction of sp³-hybridized carbons (Fsp3) is 0.611. The summed E-state index contributed by atoms with van der Waals surface area (Å²) >= 11 is 0.